The highest BCUT2D eigenvalue weighted by Gasteiger charge is 2.29. The molecule has 10 heteroatoms. The number of likely N-dealkylation sites (tertiary alicyclic amines) is 1. The zero-order valence-electron chi connectivity index (χ0n) is 20.2. The maximum atomic E-state index is 13.5. The van der Waals surface area contributed by atoms with E-state index in [9.17, 15) is 14.0 Å². The number of benzene rings is 2. The summed E-state index contributed by atoms with van der Waals surface area (Å²) < 4.78 is 15.2. The minimum absolute atomic E-state index is 0.0507. The Hall–Kier alpha value is -4.60. The average Bonchev–Trinajstić information content (AvgIpc) is 3.58. The van der Waals surface area contributed by atoms with Crippen molar-refractivity contribution in [1.82, 2.24) is 24.6 Å². The van der Waals surface area contributed by atoms with Crippen LogP contribution in [0.2, 0.25) is 0 Å². The van der Waals surface area contributed by atoms with Gasteiger partial charge < -0.3 is 16.0 Å². The Kier molecular flexibility index (Phi) is 6.63. The van der Waals surface area contributed by atoms with E-state index in [1.807, 2.05) is 41.2 Å². The van der Waals surface area contributed by atoms with Crippen LogP contribution in [0.4, 0.5) is 15.9 Å². The number of hydrogen-bond donors (Lipinski definition) is 2. The molecule has 1 saturated heterocycles. The summed E-state index contributed by atoms with van der Waals surface area (Å²) in [5, 5.41) is 7.32. The van der Waals surface area contributed by atoms with E-state index in [2.05, 4.69) is 15.4 Å². The predicted octanol–water partition coefficient (Wildman–Crippen LogP) is 3.63. The predicted molar refractivity (Wildman–Crippen MR) is 137 cm³/mol. The first-order valence-corrected chi connectivity index (χ1v) is 11.9. The van der Waals surface area contributed by atoms with Gasteiger partial charge in [-0.15, -0.1) is 0 Å². The molecule has 2 atom stereocenters. The van der Waals surface area contributed by atoms with Gasteiger partial charge in [0.25, 0.3) is 0 Å². The zero-order valence-corrected chi connectivity index (χ0v) is 20.2. The molecule has 9 nitrogen and oxygen atoms in total. The fourth-order valence-corrected chi connectivity index (χ4v) is 4.50. The number of anilines is 2. The first-order valence-electron chi connectivity index (χ1n) is 11.9. The normalized spacial score (nSPS) is 15.9. The molecule has 4 aromatic rings. The van der Waals surface area contributed by atoms with Crippen LogP contribution >= 0.6 is 0 Å². The van der Waals surface area contributed by atoms with E-state index in [1.54, 1.807) is 24.2 Å². The molecule has 3 heterocycles. The molecule has 0 aliphatic carbocycles. The summed E-state index contributed by atoms with van der Waals surface area (Å²) in [5.41, 5.74) is 8.93. The van der Waals surface area contributed by atoms with Crippen LogP contribution in [0.15, 0.2) is 73.2 Å². The smallest absolute Gasteiger partial charge is 0.238 e. The molecule has 0 spiro atoms. The van der Waals surface area contributed by atoms with Crippen molar-refractivity contribution in [2.24, 2.45) is 0 Å². The lowest BCUT2D eigenvalue weighted by atomic mass is 9.94. The molecular weight excluding hydrogens is 473 g/mol. The van der Waals surface area contributed by atoms with E-state index in [0.717, 1.165) is 12.0 Å². The van der Waals surface area contributed by atoms with Gasteiger partial charge in [0.05, 0.1) is 24.1 Å². The third kappa shape index (κ3) is 5.18. The minimum Gasteiger partial charge on any atom is -0.382 e. The summed E-state index contributed by atoms with van der Waals surface area (Å²) in [5.74, 6) is -1.44. The van der Waals surface area contributed by atoms with E-state index < -0.39 is 11.7 Å². The third-order valence-corrected chi connectivity index (χ3v) is 6.49. The van der Waals surface area contributed by atoms with Crippen molar-refractivity contribution < 1.29 is 14.0 Å². The molecule has 37 heavy (non-hydrogen) atoms. The Labute approximate surface area is 213 Å². The van der Waals surface area contributed by atoms with Crippen molar-refractivity contribution >= 4 is 23.3 Å². The first-order chi connectivity index (χ1) is 17.9. The molecule has 1 fully saturated rings. The van der Waals surface area contributed by atoms with Gasteiger partial charge in [0.2, 0.25) is 11.8 Å². The fraction of sp³-hybridized carbons (Fsp3) is 0.222. The number of nitrogens with one attached hydrogen (secondary N) is 1. The number of rotatable bonds is 6. The Morgan fingerprint density at radius 2 is 1.86 bits per heavy atom. The topological polar surface area (TPSA) is 119 Å². The second kappa shape index (κ2) is 10.2. The quantitative estimate of drug-likeness (QED) is 0.418. The number of amides is 2. The van der Waals surface area contributed by atoms with Gasteiger partial charge in [-0.1, -0.05) is 30.3 Å². The Bertz CT molecular complexity index is 1420. The van der Waals surface area contributed by atoms with Crippen LogP contribution in [-0.2, 0) is 9.59 Å². The maximum Gasteiger partial charge on any atom is 0.238 e. The van der Waals surface area contributed by atoms with Crippen LogP contribution in [0, 0.1) is 5.82 Å². The van der Waals surface area contributed by atoms with Crippen LogP contribution in [0.5, 0.6) is 0 Å². The highest BCUT2D eigenvalue weighted by Crippen LogP contribution is 2.31. The van der Waals surface area contributed by atoms with E-state index in [1.165, 1.54) is 24.3 Å². The van der Waals surface area contributed by atoms with Crippen molar-refractivity contribution in [3.63, 3.8) is 0 Å². The van der Waals surface area contributed by atoms with Crippen LogP contribution in [0.1, 0.15) is 36.6 Å². The van der Waals surface area contributed by atoms with Gasteiger partial charge in [-0.2, -0.15) is 5.10 Å². The van der Waals surface area contributed by atoms with Gasteiger partial charge in [0.1, 0.15) is 23.2 Å². The van der Waals surface area contributed by atoms with Gasteiger partial charge in [0, 0.05) is 37.5 Å². The number of aromatic nitrogens is 4. The molecule has 1 aliphatic heterocycles. The summed E-state index contributed by atoms with van der Waals surface area (Å²) in [6.07, 6.45) is 5.93. The van der Waals surface area contributed by atoms with Gasteiger partial charge in [-0.3, -0.25) is 14.3 Å². The number of nitrogens with zero attached hydrogens (tertiary/aromatic N) is 5. The highest BCUT2D eigenvalue weighted by atomic mass is 19.1. The van der Waals surface area contributed by atoms with Crippen LogP contribution in [0.25, 0.3) is 11.3 Å². The summed E-state index contributed by atoms with van der Waals surface area (Å²) in [4.78, 5) is 36.1. The number of nitrogen functional groups attached to an aromatic ring is 1. The van der Waals surface area contributed by atoms with E-state index in [-0.39, 0.29) is 23.7 Å². The Morgan fingerprint density at radius 1 is 1.11 bits per heavy atom. The zero-order chi connectivity index (χ0) is 25.9. The Balaban J connectivity index is 1.46. The minimum atomic E-state index is -0.854. The number of carbonyl (C=O) groups is 2. The van der Waals surface area contributed by atoms with Crippen molar-refractivity contribution in [1.29, 1.82) is 0 Å². The lowest BCUT2D eigenvalue weighted by molar-refractivity contribution is -0.127. The molecule has 1 unspecified atom stereocenters. The summed E-state index contributed by atoms with van der Waals surface area (Å²) in [7, 11) is 0. The number of hydrogen-bond acceptors (Lipinski definition) is 6. The molecule has 0 bridgehead atoms. The summed E-state index contributed by atoms with van der Waals surface area (Å²) >= 11 is 0. The molecule has 2 aromatic heterocycles. The molecule has 3 N–H and O–H groups in total. The van der Waals surface area contributed by atoms with Crippen molar-refractivity contribution in [3.8, 4) is 11.3 Å². The summed E-state index contributed by atoms with van der Waals surface area (Å²) in [6, 6.07) is 14.8. The van der Waals surface area contributed by atoms with Crippen molar-refractivity contribution in [2.75, 3.05) is 24.1 Å². The summed E-state index contributed by atoms with van der Waals surface area (Å²) in [6.45, 7) is 2.87. The van der Waals surface area contributed by atoms with Gasteiger partial charge in [-0.25, -0.2) is 14.4 Å². The standard InChI is InChI=1S/C27H26FN7O2/c1-17(36)34-12-11-22(16-34)35-15-19(13-31-35)23-14-30-26(29)25(33-23)24(18-5-3-2-4-6-18)27(37)32-21-9-7-20(28)8-10-21/h2-10,13-15,22,24H,11-12,16H2,1H3,(H2,29,30)(H,32,37)/t22-,24?/m0/s1. The number of halogens is 1. The van der Waals surface area contributed by atoms with Gasteiger partial charge in [-0.05, 0) is 36.2 Å². The largest absolute Gasteiger partial charge is 0.382 e. The van der Waals surface area contributed by atoms with Crippen LogP contribution < -0.4 is 11.1 Å². The van der Waals surface area contributed by atoms with E-state index in [0.29, 0.717) is 35.7 Å². The molecule has 0 saturated carbocycles. The Morgan fingerprint density at radius 3 is 2.57 bits per heavy atom. The highest BCUT2D eigenvalue weighted by molar-refractivity contribution is 5.98. The van der Waals surface area contributed by atoms with Gasteiger partial charge in [0.15, 0.2) is 0 Å². The second-order valence-electron chi connectivity index (χ2n) is 8.98. The monoisotopic (exact) mass is 499 g/mol. The van der Waals surface area contributed by atoms with Crippen LogP contribution in [0.3, 0.4) is 0 Å². The molecular formula is C27H26FN7O2. The van der Waals surface area contributed by atoms with Gasteiger partial charge >= 0.3 is 0 Å². The number of carbonyl (C=O) groups excluding carboxylic acids is 2. The first kappa shape index (κ1) is 24.1. The molecule has 1 aliphatic rings. The molecule has 0 radical (unpaired) electrons. The van der Waals surface area contributed by atoms with Crippen molar-refractivity contribution in [2.45, 2.75) is 25.3 Å². The SMILES string of the molecule is CC(=O)N1CC[C@H](n2cc(-c3cnc(N)c(C(C(=O)Nc4ccc(F)cc4)c4ccccc4)n3)cn2)C1. The second-order valence-corrected chi connectivity index (χ2v) is 8.98. The maximum absolute atomic E-state index is 13.5. The average molecular weight is 500 g/mol. The van der Waals surface area contributed by atoms with E-state index >= 15 is 0 Å². The van der Waals surface area contributed by atoms with Crippen LogP contribution in [-0.4, -0.2) is 49.6 Å². The van der Waals surface area contributed by atoms with E-state index in [4.69, 9.17) is 10.7 Å². The molecule has 2 aromatic carbocycles. The lowest BCUT2D eigenvalue weighted by Gasteiger charge is -2.19. The third-order valence-electron chi connectivity index (χ3n) is 6.49. The molecule has 5 rings (SSSR count). The number of nitrogens with two attached hydrogens (primary N) is 1. The van der Waals surface area contributed by atoms with Crippen molar-refractivity contribution in [3.05, 3.63) is 90.3 Å². The molecule has 2 amide bonds. The fourth-order valence-electron chi connectivity index (χ4n) is 4.50. The molecule has 188 valence electrons. The lowest BCUT2D eigenvalue weighted by Crippen LogP contribution is -2.26.